The van der Waals surface area contributed by atoms with Crippen LogP contribution in [0.4, 0.5) is 5.69 Å². The highest BCUT2D eigenvalue weighted by atomic mass is 35.5. The van der Waals surface area contributed by atoms with E-state index in [1.165, 1.54) is 36.2 Å². The van der Waals surface area contributed by atoms with Crippen molar-refractivity contribution in [1.29, 1.82) is 0 Å². The minimum Gasteiger partial charge on any atom is -0.314 e. The first kappa shape index (κ1) is 19.4. The van der Waals surface area contributed by atoms with Crippen molar-refractivity contribution < 1.29 is 13.2 Å². The molecule has 134 valence electrons. The fraction of sp³-hybridized carbons (Fsp3) is 0.278. The minimum absolute atomic E-state index is 0.0982. The highest BCUT2D eigenvalue weighted by Crippen LogP contribution is 2.20. The lowest BCUT2D eigenvalue weighted by Crippen LogP contribution is -2.39. The Balaban J connectivity index is 2.15. The summed E-state index contributed by atoms with van der Waals surface area (Å²) in [6.07, 6.45) is 0. The molecule has 2 aromatic rings. The second kappa shape index (κ2) is 7.56. The molecule has 2 aromatic carbocycles. The maximum atomic E-state index is 12.5. The van der Waals surface area contributed by atoms with Crippen molar-refractivity contribution in [3.63, 3.8) is 0 Å². The van der Waals surface area contributed by atoms with Crippen molar-refractivity contribution in [3.8, 4) is 0 Å². The molecule has 0 aliphatic carbocycles. The van der Waals surface area contributed by atoms with Crippen LogP contribution in [-0.2, 0) is 14.8 Å². The van der Waals surface area contributed by atoms with Crippen molar-refractivity contribution in [3.05, 3.63) is 58.6 Å². The number of halogens is 1. The SMILES string of the molecule is Cc1ccc(N(C)C(=O)CN(C)S(=O)(=O)c2ccc(Cl)cc2)cc1C. The molecule has 0 saturated carbocycles. The number of hydrogen-bond donors (Lipinski definition) is 0. The summed E-state index contributed by atoms with van der Waals surface area (Å²) in [4.78, 5) is 14.0. The number of sulfonamides is 1. The quantitative estimate of drug-likeness (QED) is 0.800. The molecule has 2 rings (SSSR count). The number of amides is 1. The van der Waals surface area contributed by atoms with E-state index in [0.717, 1.165) is 21.1 Å². The van der Waals surface area contributed by atoms with E-state index in [2.05, 4.69) is 0 Å². The Morgan fingerprint density at radius 1 is 1.00 bits per heavy atom. The summed E-state index contributed by atoms with van der Waals surface area (Å²) in [5.74, 6) is -0.316. The van der Waals surface area contributed by atoms with Gasteiger partial charge in [-0.25, -0.2) is 8.42 Å². The molecule has 0 aliphatic heterocycles. The van der Waals surface area contributed by atoms with Gasteiger partial charge in [0.15, 0.2) is 0 Å². The van der Waals surface area contributed by atoms with Crippen LogP contribution in [0.2, 0.25) is 5.02 Å². The van der Waals surface area contributed by atoms with Crippen LogP contribution >= 0.6 is 11.6 Å². The normalized spacial score (nSPS) is 11.6. The summed E-state index contributed by atoms with van der Waals surface area (Å²) < 4.78 is 26.1. The number of likely N-dealkylation sites (N-methyl/N-ethyl adjacent to an activating group) is 2. The number of carbonyl (C=O) groups excluding carboxylic acids is 1. The molecule has 0 saturated heterocycles. The van der Waals surface area contributed by atoms with Gasteiger partial charge in [0, 0.05) is 24.8 Å². The smallest absolute Gasteiger partial charge is 0.243 e. The van der Waals surface area contributed by atoms with Crippen molar-refractivity contribution in [2.75, 3.05) is 25.5 Å². The van der Waals surface area contributed by atoms with Gasteiger partial charge in [-0.2, -0.15) is 4.31 Å². The molecule has 0 aliphatic rings. The van der Waals surface area contributed by atoms with Crippen LogP contribution < -0.4 is 4.90 Å². The summed E-state index contributed by atoms with van der Waals surface area (Å²) in [5.41, 5.74) is 2.93. The second-order valence-corrected chi connectivity index (χ2v) is 8.42. The van der Waals surface area contributed by atoms with Gasteiger partial charge in [-0.15, -0.1) is 0 Å². The van der Waals surface area contributed by atoms with Crippen LogP contribution in [0.3, 0.4) is 0 Å². The molecule has 25 heavy (non-hydrogen) atoms. The first-order valence-electron chi connectivity index (χ1n) is 7.68. The van der Waals surface area contributed by atoms with Gasteiger partial charge in [0.25, 0.3) is 0 Å². The number of hydrogen-bond acceptors (Lipinski definition) is 3. The van der Waals surface area contributed by atoms with E-state index in [9.17, 15) is 13.2 Å². The lowest BCUT2D eigenvalue weighted by molar-refractivity contribution is -0.118. The van der Waals surface area contributed by atoms with Gasteiger partial charge in [0.1, 0.15) is 0 Å². The highest BCUT2D eigenvalue weighted by molar-refractivity contribution is 7.89. The van der Waals surface area contributed by atoms with Gasteiger partial charge in [-0.05, 0) is 61.4 Å². The molecule has 0 spiro atoms. The van der Waals surface area contributed by atoms with Gasteiger partial charge in [-0.3, -0.25) is 4.79 Å². The van der Waals surface area contributed by atoms with E-state index in [4.69, 9.17) is 11.6 Å². The van der Waals surface area contributed by atoms with Crippen LogP contribution in [0.5, 0.6) is 0 Å². The molecule has 0 fully saturated rings. The molecule has 0 heterocycles. The van der Waals surface area contributed by atoms with Gasteiger partial charge in [0.05, 0.1) is 11.4 Å². The largest absolute Gasteiger partial charge is 0.314 e. The van der Waals surface area contributed by atoms with Gasteiger partial charge in [-0.1, -0.05) is 17.7 Å². The Morgan fingerprint density at radius 3 is 2.16 bits per heavy atom. The van der Waals surface area contributed by atoms with Gasteiger partial charge < -0.3 is 4.90 Å². The van der Waals surface area contributed by atoms with E-state index in [-0.39, 0.29) is 17.3 Å². The number of aryl methyl sites for hydroxylation is 2. The fourth-order valence-electron chi connectivity index (χ4n) is 2.25. The monoisotopic (exact) mass is 380 g/mol. The average Bonchev–Trinajstić information content (AvgIpc) is 2.57. The number of rotatable bonds is 5. The molecule has 0 N–H and O–H groups in total. The molecule has 7 heteroatoms. The Kier molecular flexibility index (Phi) is 5.87. The van der Waals surface area contributed by atoms with Crippen LogP contribution in [0, 0.1) is 13.8 Å². The van der Waals surface area contributed by atoms with Gasteiger partial charge in [0.2, 0.25) is 15.9 Å². The van der Waals surface area contributed by atoms with E-state index in [1.54, 1.807) is 7.05 Å². The van der Waals surface area contributed by atoms with Crippen LogP contribution in [0.25, 0.3) is 0 Å². The Labute approximate surface area is 153 Å². The summed E-state index contributed by atoms with van der Waals surface area (Å²) in [7, 11) is -0.735. The molecular weight excluding hydrogens is 360 g/mol. The Hall–Kier alpha value is -1.89. The summed E-state index contributed by atoms with van der Waals surface area (Å²) in [6.45, 7) is 3.70. The first-order chi connectivity index (χ1) is 11.6. The highest BCUT2D eigenvalue weighted by Gasteiger charge is 2.24. The zero-order chi connectivity index (χ0) is 18.8. The molecule has 0 atom stereocenters. The topological polar surface area (TPSA) is 57.7 Å². The first-order valence-corrected chi connectivity index (χ1v) is 9.50. The molecule has 5 nitrogen and oxygen atoms in total. The third kappa shape index (κ3) is 4.39. The maximum Gasteiger partial charge on any atom is 0.243 e. The van der Waals surface area contributed by atoms with Gasteiger partial charge >= 0.3 is 0 Å². The lowest BCUT2D eigenvalue weighted by atomic mass is 10.1. The zero-order valence-electron chi connectivity index (χ0n) is 14.7. The van der Waals surface area contributed by atoms with E-state index in [0.29, 0.717) is 5.02 Å². The standard InChI is InChI=1S/C18H21ClN2O3S/c1-13-5-8-16(11-14(13)2)21(4)18(22)12-20(3)25(23,24)17-9-6-15(19)7-10-17/h5-11H,12H2,1-4H3. The number of carbonyl (C=O) groups is 1. The predicted molar refractivity (Wildman–Crippen MR) is 101 cm³/mol. The Morgan fingerprint density at radius 2 is 1.60 bits per heavy atom. The number of anilines is 1. The molecule has 0 bridgehead atoms. The van der Waals surface area contributed by atoms with Crippen LogP contribution in [0.15, 0.2) is 47.4 Å². The summed E-state index contributed by atoms with van der Waals surface area (Å²) >= 11 is 5.79. The predicted octanol–water partition coefficient (Wildman–Crippen LogP) is 3.24. The third-order valence-corrected chi connectivity index (χ3v) is 6.20. The summed E-state index contributed by atoms with van der Waals surface area (Å²) in [5, 5.41) is 0.451. The van der Waals surface area contributed by atoms with Crippen molar-refractivity contribution in [2.24, 2.45) is 0 Å². The second-order valence-electron chi connectivity index (χ2n) is 5.94. The molecule has 0 unspecified atom stereocenters. The van der Waals surface area contributed by atoms with Crippen LogP contribution in [-0.4, -0.2) is 39.3 Å². The van der Waals surface area contributed by atoms with Crippen LogP contribution in [0.1, 0.15) is 11.1 Å². The van der Waals surface area contributed by atoms with Crippen molar-refractivity contribution in [1.82, 2.24) is 4.31 Å². The van der Waals surface area contributed by atoms with E-state index in [1.807, 2.05) is 32.0 Å². The fourth-order valence-corrected chi connectivity index (χ4v) is 3.49. The van der Waals surface area contributed by atoms with E-state index >= 15 is 0 Å². The molecular formula is C18H21ClN2O3S. The molecule has 0 radical (unpaired) electrons. The maximum absolute atomic E-state index is 12.5. The zero-order valence-corrected chi connectivity index (χ0v) is 16.2. The Bertz CT molecular complexity index is 880. The average molecular weight is 381 g/mol. The number of benzene rings is 2. The molecule has 0 aromatic heterocycles. The summed E-state index contributed by atoms with van der Waals surface area (Å²) in [6, 6.07) is 11.5. The van der Waals surface area contributed by atoms with Crippen molar-refractivity contribution >= 4 is 33.2 Å². The molecule has 1 amide bonds. The van der Waals surface area contributed by atoms with Crippen molar-refractivity contribution in [2.45, 2.75) is 18.7 Å². The number of nitrogens with zero attached hydrogens (tertiary/aromatic N) is 2. The minimum atomic E-state index is -3.75. The van der Waals surface area contributed by atoms with E-state index < -0.39 is 10.0 Å². The third-order valence-electron chi connectivity index (χ3n) is 4.13. The lowest BCUT2D eigenvalue weighted by Gasteiger charge is -2.22.